The van der Waals surface area contributed by atoms with E-state index >= 15 is 0 Å². The van der Waals surface area contributed by atoms with Gasteiger partial charge in [0.15, 0.2) is 0 Å². The van der Waals surface area contributed by atoms with Gasteiger partial charge in [0.2, 0.25) is 5.88 Å². The summed E-state index contributed by atoms with van der Waals surface area (Å²) >= 11 is 0. The molecule has 2 aliphatic rings. The number of hydrogen-bond acceptors (Lipinski definition) is 5. The molecule has 0 bridgehead atoms. The Hall–Kier alpha value is -2.93. The highest BCUT2D eigenvalue weighted by atomic mass is 16.5. The molecule has 1 saturated carbocycles. The Bertz CT molecular complexity index is 1300. The third kappa shape index (κ3) is 6.73. The summed E-state index contributed by atoms with van der Waals surface area (Å²) in [5.74, 6) is 0.688. The lowest BCUT2D eigenvalue weighted by Gasteiger charge is -2.35. The maximum atomic E-state index is 6.11. The number of benzene rings is 1. The molecule has 2 N–H and O–H groups in total. The second kappa shape index (κ2) is 13.2. The van der Waals surface area contributed by atoms with Crippen LogP contribution < -0.4 is 20.6 Å². The van der Waals surface area contributed by atoms with Crippen LogP contribution >= 0.6 is 0 Å². The normalized spacial score (nSPS) is 21.1. The zero-order chi connectivity index (χ0) is 26.2. The van der Waals surface area contributed by atoms with Crippen LogP contribution in [0.3, 0.4) is 0 Å². The summed E-state index contributed by atoms with van der Waals surface area (Å²) in [6, 6.07) is 10.7. The number of fused-ring (bicyclic) bond motifs is 1. The van der Waals surface area contributed by atoms with Crippen molar-refractivity contribution >= 4 is 23.1 Å². The number of aromatic amines is 1. The summed E-state index contributed by atoms with van der Waals surface area (Å²) in [7, 11) is 0. The van der Waals surface area contributed by atoms with E-state index in [0.29, 0.717) is 12.0 Å². The third-order valence-corrected chi connectivity index (χ3v) is 7.65. The number of pyridine rings is 1. The van der Waals surface area contributed by atoms with Crippen molar-refractivity contribution in [3.63, 3.8) is 0 Å². The number of ether oxygens (including phenoxy) is 2. The monoisotopic (exact) mass is 514 g/mol. The van der Waals surface area contributed by atoms with Gasteiger partial charge in [-0.1, -0.05) is 50.6 Å². The standard InChI is InChI=1S/C32H42N4O2/c1-3-5-6-9-28-29-12-10-24(20-31(29)35-30(28)8-4-2)25-11-13-32(34-23-25)38-27-21-26(22-27)37-19-7-16-36-17-14-33-15-18-36/h4,8-13,20,23,26-27,33,35H,2-3,5-7,14-19,21-22H2,1H3/b28-9-,30-8+. The molecule has 2 aromatic heterocycles. The highest BCUT2D eigenvalue weighted by Crippen LogP contribution is 2.29. The number of allylic oxidation sites excluding steroid dienone is 1. The topological polar surface area (TPSA) is 62.4 Å². The van der Waals surface area contributed by atoms with Crippen LogP contribution in [-0.4, -0.2) is 66.4 Å². The molecule has 2 fully saturated rings. The largest absolute Gasteiger partial charge is 0.474 e. The number of nitrogens with one attached hydrogen (secondary N) is 2. The number of piperazine rings is 1. The average Bonchev–Trinajstić information content (AvgIpc) is 3.27. The number of nitrogens with zero attached hydrogens (tertiary/aromatic N) is 2. The van der Waals surface area contributed by atoms with Crippen molar-refractivity contribution in [1.82, 2.24) is 20.2 Å². The van der Waals surface area contributed by atoms with Gasteiger partial charge in [0.05, 0.1) is 6.10 Å². The van der Waals surface area contributed by atoms with E-state index in [9.17, 15) is 0 Å². The van der Waals surface area contributed by atoms with E-state index in [-0.39, 0.29) is 6.10 Å². The van der Waals surface area contributed by atoms with E-state index in [1.807, 2.05) is 18.3 Å². The summed E-state index contributed by atoms with van der Waals surface area (Å²) in [6.45, 7) is 12.6. The Kier molecular flexibility index (Phi) is 9.28. The molecule has 1 aliphatic carbocycles. The van der Waals surface area contributed by atoms with Crippen molar-refractivity contribution in [1.29, 1.82) is 0 Å². The van der Waals surface area contributed by atoms with Gasteiger partial charge in [-0.3, -0.25) is 0 Å². The fraction of sp³-hybridized carbons (Fsp3) is 0.469. The van der Waals surface area contributed by atoms with Crippen LogP contribution in [-0.2, 0) is 4.74 Å². The fourth-order valence-corrected chi connectivity index (χ4v) is 5.35. The predicted octanol–water partition coefficient (Wildman–Crippen LogP) is 4.39. The first-order valence-corrected chi connectivity index (χ1v) is 14.4. The molecule has 6 heteroatoms. The molecule has 38 heavy (non-hydrogen) atoms. The van der Waals surface area contributed by atoms with E-state index in [4.69, 9.17) is 9.47 Å². The highest BCUT2D eigenvalue weighted by molar-refractivity contribution is 5.86. The number of aromatic nitrogens is 2. The van der Waals surface area contributed by atoms with Gasteiger partial charge in [0.25, 0.3) is 0 Å². The minimum atomic E-state index is 0.198. The minimum absolute atomic E-state index is 0.198. The number of hydrogen-bond donors (Lipinski definition) is 2. The van der Waals surface area contributed by atoms with Gasteiger partial charge in [0.1, 0.15) is 6.10 Å². The molecule has 0 unspecified atom stereocenters. The van der Waals surface area contributed by atoms with Crippen LogP contribution in [0, 0.1) is 0 Å². The zero-order valence-corrected chi connectivity index (χ0v) is 22.8. The maximum absolute atomic E-state index is 6.11. The molecule has 3 aromatic rings. The van der Waals surface area contributed by atoms with Crippen LogP contribution in [0.25, 0.3) is 34.2 Å². The van der Waals surface area contributed by atoms with Crippen LogP contribution in [0.2, 0.25) is 0 Å². The van der Waals surface area contributed by atoms with Crippen LogP contribution in [0.15, 0.2) is 49.2 Å². The molecule has 0 atom stereocenters. The average molecular weight is 515 g/mol. The van der Waals surface area contributed by atoms with Gasteiger partial charge in [-0.25, -0.2) is 4.98 Å². The summed E-state index contributed by atoms with van der Waals surface area (Å²) in [5.41, 5.74) is 3.35. The Morgan fingerprint density at radius 1 is 1.08 bits per heavy atom. The van der Waals surface area contributed by atoms with Crippen LogP contribution in [0.4, 0.5) is 0 Å². The van der Waals surface area contributed by atoms with Crippen molar-refractivity contribution in [3.05, 3.63) is 59.8 Å². The molecule has 5 rings (SSSR count). The molecule has 1 aromatic carbocycles. The van der Waals surface area contributed by atoms with E-state index < -0.39 is 0 Å². The Morgan fingerprint density at radius 2 is 1.92 bits per heavy atom. The van der Waals surface area contributed by atoms with E-state index in [1.54, 1.807) is 0 Å². The van der Waals surface area contributed by atoms with Crippen LogP contribution in [0.1, 0.15) is 45.4 Å². The number of H-pyrrole nitrogens is 1. The first-order valence-electron chi connectivity index (χ1n) is 14.4. The van der Waals surface area contributed by atoms with Gasteiger partial charge in [-0.2, -0.15) is 0 Å². The lowest BCUT2D eigenvalue weighted by atomic mass is 9.92. The van der Waals surface area contributed by atoms with E-state index in [2.05, 4.69) is 70.1 Å². The molecule has 202 valence electrons. The first-order chi connectivity index (χ1) is 18.7. The van der Waals surface area contributed by atoms with Gasteiger partial charge in [-0.05, 0) is 36.6 Å². The van der Waals surface area contributed by atoms with Crippen molar-refractivity contribution in [2.75, 3.05) is 39.3 Å². The lowest BCUT2D eigenvalue weighted by molar-refractivity contribution is -0.0636. The fourth-order valence-electron chi connectivity index (χ4n) is 5.35. The molecule has 0 spiro atoms. The minimum Gasteiger partial charge on any atom is -0.474 e. The smallest absolute Gasteiger partial charge is 0.213 e. The molecule has 0 radical (unpaired) electrons. The molecule has 6 nitrogen and oxygen atoms in total. The Morgan fingerprint density at radius 3 is 2.68 bits per heavy atom. The molecule has 1 saturated heterocycles. The van der Waals surface area contributed by atoms with Gasteiger partial charge in [-0.15, -0.1) is 0 Å². The van der Waals surface area contributed by atoms with Crippen molar-refractivity contribution in [3.8, 4) is 17.0 Å². The lowest BCUT2D eigenvalue weighted by Crippen LogP contribution is -2.44. The first kappa shape index (κ1) is 26.7. The molecule has 1 aliphatic heterocycles. The predicted molar refractivity (Wildman–Crippen MR) is 157 cm³/mol. The van der Waals surface area contributed by atoms with E-state index in [1.165, 1.54) is 23.4 Å². The zero-order valence-electron chi connectivity index (χ0n) is 22.8. The maximum Gasteiger partial charge on any atom is 0.213 e. The Balaban J connectivity index is 1.13. The van der Waals surface area contributed by atoms with Gasteiger partial charge < -0.3 is 24.7 Å². The van der Waals surface area contributed by atoms with Crippen molar-refractivity contribution in [2.24, 2.45) is 0 Å². The summed E-state index contributed by atoms with van der Waals surface area (Å²) in [5, 5.41) is 7.03. The highest BCUT2D eigenvalue weighted by Gasteiger charge is 2.31. The second-order valence-electron chi connectivity index (χ2n) is 10.5. The quantitative estimate of drug-likeness (QED) is 0.351. The molecular weight excluding hydrogens is 472 g/mol. The van der Waals surface area contributed by atoms with E-state index in [0.717, 1.165) is 87.0 Å². The summed E-state index contributed by atoms with van der Waals surface area (Å²) in [4.78, 5) is 10.7. The van der Waals surface area contributed by atoms with Crippen molar-refractivity contribution in [2.45, 2.75) is 57.7 Å². The van der Waals surface area contributed by atoms with Crippen LogP contribution in [0.5, 0.6) is 5.88 Å². The van der Waals surface area contributed by atoms with Gasteiger partial charge in [0, 0.05) is 91.5 Å². The third-order valence-electron chi connectivity index (χ3n) is 7.65. The number of unbranched alkanes of at least 4 members (excludes halogenated alkanes) is 2. The molecular formula is C32H42N4O2. The Labute approximate surface area is 226 Å². The summed E-state index contributed by atoms with van der Waals surface area (Å²) in [6.07, 6.45) is 15.1. The molecule has 0 amide bonds. The SMILES string of the molecule is C=C/C=c1/[nH]c2cc(-c3ccc(OC4CC(OCCCN5CCNCC5)C4)nc3)ccc2/c1=C/CCCC. The molecule has 3 heterocycles. The number of rotatable bonds is 12. The second-order valence-corrected chi connectivity index (χ2v) is 10.5. The summed E-state index contributed by atoms with van der Waals surface area (Å²) < 4.78 is 12.2. The van der Waals surface area contributed by atoms with Gasteiger partial charge >= 0.3 is 0 Å². The van der Waals surface area contributed by atoms with Crippen molar-refractivity contribution < 1.29 is 9.47 Å².